The molecule has 0 aromatic carbocycles. The van der Waals surface area contributed by atoms with Gasteiger partial charge in [-0.1, -0.05) is 6.92 Å². The highest BCUT2D eigenvalue weighted by Crippen LogP contribution is 2.23. The van der Waals surface area contributed by atoms with Gasteiger partial charge in [0.25, 0.3) is 0 Å². The van der Waals surface area contributed by atoms with E-state index in [2.05, 4.69) is 22.2 Å². The Hall–Kier alpha value is -1.94. The van der Waals surface area contributed by atoms with E-state index in [-0.39, 0.29) is 6.04 Å². The monoisotopic (exact) mass is 243 g/mol. The fraction of sp³-hybridized carbons (Fsp3) is 0.286. The number of pyridine rings is 2. The lowest BCUT2D eigenvalue weighted by atomic mass is 10.0. The van der Waals surface area contributed by atoms with Gasteiger partial charge in [-0.25, -0.2) is 0 Å². The van der Waals surface area contributed by atoms with Gasteiger partial charge in [-0.15, -0.1) is 0 Å². The molecule has 0 amide bonds. The van der Waals surface area contributed by atoms with E-state index in [0.29, 0.717) is 0 Å². The van der Waals surface area contributed by atoms with Gasteiger partial charge in [0, 0.05) is 18.6 Å². The minimum Gasteiger partial charge on any atom is -0.495 e. The maximum Gasteiger partial charge on any atom is 0.137 e. The average molecular weight is 243 g/mol. The van der Waals surface area contributed by atoms with Crippen molar-refractivity contribution in [1.82, 2.24) is 15.3 Å². The van der Waals surface area contributed by atoms with Crippen LogP contribution in [0.1, 0.15) is 24.1 Å². The summed E-state index contributed by atoms with van der Waals surface area (Å²) in [6.45, 7) is 2.96. The van der Waals surface area contributed by atoms with Crippen molar-refractivity contribution in [1.29, 1.82) is 0 Å². The Balaban J connectivity index is 2.35. The van der Waals surface area contributed by atoms with E-state index in [1.807, 2.05) is 24.4 Å². The lowest BCUT2D eigenvalue weighted by Gasteiger charge is -2.18. The first-order valence-electron chi connectivity index (χ1n) is 5.97. The van der Waals surface area contributed by atoms with E-state index in [0.717, 1.165) is 17.9 Å². The molecule has 0 radical (unpaired) electrons. The van der Waals surface area contributed by atoms with Gasteiger partial charge in [0.1, 0.15) is 5.75 Å². The van der Waals surface area contributed by atoms with Crippen LogP contribution < -0.4 is 10.1 Å². The number of methoxy groups -OCH3 is 1. The summed E-state index contributed by atoms with van der Waals surface area (Å²) in [5, 5.41) is 3.44. The van der Waals surface area contributed by atoms with Gasteiger partial charge in [0.05, 0.1) is 19.3 Å². The first-order valence-corrected chi connectivity index (χ1v) is 5.97. The van der Waals surface area contributed by atoms with Crippen LogP contribution in [-0.4, -0.2) is 23.6 Å². The second kappa shape index (κ2) is 6.12. The molecule has 4 nitrogen and oxygen atoms in total. The fourth-order valence-corrected chi connectivity index (χ4v) is 1.89. The Morgan fingerprint density at radius 2 is 1.94 bits per heavy atom. The van der Waals surface area contributed by atoms with Crippen LogP contribution >= 0.6 is 0 Å². The molecule has 1 atom stereocenters. The molecule has 94 valence electrons. The largest absolute Gasteiger partial charge is 0.495 e. The Kier molecular flexibility index (Phi) is 4.25. The Morgan fingerprint density at radius 3 is 2.61 bits per heavy atom. The number of hydrogen-bond donors (Lipinski definition) is 1. The predicted octanol–water partition coefficient (Wildman–Crippen LogP) is 2.18. The van der Waals surface area contributed by atoms with E-state index < -0.39 is 0 Å². The molecule has 0 aliphatic carbocycles. The summed E-state index contributed by atoms with van der Waals surface area (Å²) in [6.07, 6.45) is 7.16. The zero-order valence-corrected chi connectivity index (χ0v) is 10.6. The lowest BCUT2D eigenvalue weighted by molar-refractivity contribution is 0.411. The van der Waals surface area contributed by atoms with Crippen molar-refractivity contribution >= 4 is 0 Å². The maximum absolute atomic E-state index is 5.22. The van der Waals surface area contributed by atoms with Crippen molar-refractivity contribution in [3.8, 4) is 5.75 Å². The van der Waals surface area contributed by atoms with E-state index in [1.165, 1.54) is 5.56 Å². The van der Waals surface area contributed by atoms with Crippen LogP contribution in [0.3, 0.4) is 0 Å². The highest BCUT2D eigenvalue weighted by Gasteiger charge is 2.13. The second-order valence-electron chi connectivity index (χ2n) is 3.93. The van der Waals surface area contributed by atoms with Gasteiger partial charge >= 0.3 is 0 Å². The number of nitrogens with one attached hydrogen (secondary N) is 1. The van der Waals surface area contributed by atoms with Gasteiger partial charge in [0.2, 0.25) is 0 Å². The maximum atomic E-state index is 5.22. The summed E-state index contributed by atoms with van der Waals surface area (Å²) in [5.41, 5.74) is 2.25. The number of aromatic nitrogens is 2. The molecule has 2 aromatic heterocycles. The van der Waals surface area contributed by atoms with Gasteiger partial charge in [-0.05, 0) is 35.9 Å². The van der Waals surface area contributed by atoms with Crippen LogP contribution in [0.2, 0.25) is 0 Å². The van der Waals surface area contributed by atoms with Gasteiger partial charge in [-0.3, -0.25) is 9.97 Å². The molecule has 0 spiro atoms. The van der Waals surface area contributed by atoms with Crippen LogP contribution in [0.25, 0.3) is 0 Å². The molecule has 0 fully saturated rings. The third-order valence-corrected chi connectivity index (χ3v) is 2.75. The molecule has 0 aliphatic heterocycles. The molecule has 1 unspecified atom stereocenters. The summed E-state index contributed by atoms with van der Waals surface area (Å²) < 4.78 is 5.22. The van der Waals surface area contributed by atoms with Crippen LogP contribution in [0.15, 0.2) is 43.0 Å². The topological polar surface area (TPSA) is 47.0 Å². The van der Waals surface area contributed by atoms with Crippen molar-refractivity contribution in [2.75, 3.05) is 13.7 Å². The molecule has 0 saturated heterocycles. The van der Waals surface area contributed by atoms with Crippen molar-refractivity contribution in [2.24, 2.45) is 0 Å². The van der Waals surface area contributed by atoms with E-state index in [9.17, 15) is 0 Å². The zero-order chi connectivity index (χ0) is 12.8. The minimum atomic E-state index is 0.112. The third-order valence-electron chi connectivity index (χ3n) is 2.75. The molecule has 2 aromatic rings. The average Bonchev–Trinajstić information content (AvgIpc) is 2.46. The summed E-state index contributed by atoms with van der Waals surface area (Å²) in [7, 11) is 1.65. The second-order valence-corrected chi connectivity index (χ2v) is 3.93. The standard InChI is InChI=1S/C14H17N3O/c1-3-17-14(11-4-6-15-7-5-11)12-8-13(18-2)10-16-9-12/h4-10,14,17H,3H2,1-2H3. The first kappa shape index (κ1) is 12.5. The van der Waals surface area contributed by atoms with Crippen molar-refractivity contribution in [2.45, 2.75) is 13.0 Å². The molecule has 18 heavy (non-hydrogen) atoms. The molecule has 1 N–H and O–H groups in total. The normalized spacial score (nSPS) is 12.1. The molecule has 0 saturated carbocycles. The van der Waals surface area contributed by atoms with Gasteiger partial charge in [-0.2, -0.15) is 0 Å². The van der Waals surface area contributed by atoms with Crippen molar-refractivity contribution < 1.29 is 4.74 Å². The number of rotatable bonds is 5. The minimum absolute atomic E-state index is 0.112. The zero-order valence-electron chi connectivity index (χ0n) is 10.6. The van der Waals surface area contributed by atoms with Crippen molar-refractivity contribution in [3.05, 3.63) is 54.1 Å². The number of ether oxygens (including phenoxy) is 1. The third kappa shape index (κ3) is 2.84. The molecule has 2 rings (SSSR count). The summed E-state index contributed by atoms with van der Waals surface area (Å²) >= 11 is 0. The Bertz CT molecular complexity index is 487. The molecule has 0 bridgehead atoms. The fourth-order valence-electron chi connectivity index (χ4n) is 1.89. The van der Waals surface area contributed by atoms with Gasteiger partial charge in [0.15, 0.2) is 0 Å². The SMILES string of the molecule is CCNC(c1ccncc1)c1cncc(OC)c1. The smallest absolute Gasteiger partial charge is 0.137 e. The van der Waals surface area contributed by atoms with Crippen LogP contribution in [0, 0.1) is 0 Å². The van der Waals surface area contributed by atoms with Crippen molar-refractivity contribution in [3.63, 3.8) is 0 Å². The quantitative estimate of drug-likeness (QED) is 0.874. The van der Waals surface area contributed by atoms with E-state index in [4.69, 9.17) is 4.74 Å². The Morgan fingerprint density at radius 1 is 1.17 bits per heavy atom. The molecule has 0 aliphatic rings. The van der Waals surface area contributed by atoms with Crippen LogP contribution in [0.4, 0.5) is 0 Å². The van der Waals surface area contributed by atoms with Crippen LogP contribution in [-0.2, 0) is 0 Å². The molecular weight excluding hydrogens is 226 g/mol. The molecule has 4 heteroatoms. The molecular formula is C14H17N3O. The summed E-state index contributed by atoms with van der Waals surface area (Å²) in [6, 6.07) is 6.13. The number of nitrogens with zero attached hydrogens (tertiary/aromatic N) is 2. The van der Waals surface area contributed by atoms with Gasteiger partial charge < -0.3 is 10.1 Å². The summed E-state index contributed by atoms with van der Waals surface area (Å²) in [4.78, 5) is 8.25. The number of hydrogen-bond acceptors (Lipinski definition) is 4. The van der Waals surface area contributed by atoms with Crippen LogP contribution in [0.5, 0.6) is 5.75 Å². The highest BCUT2D eigenvalue weighted by molar-refractivity contribution is 5.33. The highest BCUT2D eigenvalue weighted by atomic mass is 16.5. The lowest BCUT2D eigenvalue weighted by Crippen LogP contribution is -2.22. The van der Waals surface area contributed by atoms with E-state index >= 15 is 0 Å². The summed E-state index contributed by atoms with van der Waals surface area (Å²) in [5.74, 6) is 0.768. The van der Waals surface area contributed by atoms with E-state index in [1.54, 1.807) is 25.7 Å². The first-order chi connectivity index (χ1) is 8.85. The Labute approximate surface area is 107 Å². The predicted molar refractivity (Wildman–Crippen MR) is 70.5 cm³/mol. The molecule has 2 heterocycles.